The van der Waals surface area contributed by atoms with Crippen molar-refractivity contribution in [3.63, 3.8) is 0 Å². The lowest BCUT2D eigenvalue weighted by molar-refractivity contribution is -0.118. The van der Waals surface area contributed by atoms with E-state index in [0.29, 0.717) is 32.0 Å². The van der Waals surface area contributed by atoms with Crippen LogP contribution in [0.15, 0.2) is 29.2 Å². The van der Waals surface area contributed by atoms with Gasteiger partial charge in [0.2, 0.25) is 11.8 Å². The maximum absolute atomic E-state index is 13.9. The number of likely N-dealkylation sites (tertiary alicyclic amines) is 1. The molecule has 32 heavy (non-hydrogen) atoms. The number of carbonyl (C=O) groups excluding carboxylic acids is 2. The normalized spacial score (nSPS) is 18.5. The quantitative estimate of drug-likeness (QED) is 0.621. The zero-order valence-electron chi connectivity index (χ0n) is 18.2. The summed E-state index contributed by atoms with van der Waals surface area (Å²) in [4.78, 5) is 40.2. The summed E-state index contributed by atoms with van der Waals surface area (Å²) in [5.41, 5.74) is -1.47. The summed E-state index contributed by atoms with van der Waals surface area (Å²) in [6.45, 7) is 2.89. The Kier molecular flexibility index (Phi) is 6.63. The molecular formula is C22H26F2N4O4. The molecule has 1 atom stereocenters. The molecule has 1 fully saturated rings. The average molecular weight is 448 g/mol. The van der Waals surface area contributed by atoms with Crippen molar-refractivity contribution >= 4 is 12.3 Å². The van der Waals surface area contributed by atoms with Crippen LogP contribution in [0.1, 0.15) is 28.0 Å². The summed E-state index contributed by atoms with van der Waals surface area (Å²) >= 11 is 0. The third kappa shape index (κ3) is 4.50. The first-order chi connectivity index (χ1) is 15.1. The lowest BCUT2D eigenvalue weighted by Gasteiger charge is -2.36. The molecule has 172 valence electrons. The van der Waals surface area contributed by atoms with Gasteiger partial charge in [-0.25, -0.2) is 8.78 Å². The number of aromatic hydroxyl groups is 1. The number of benzene rings is 1. The average Bonchev–Trinajstić information content (AvgIpc) is 3.12. The van der Waals surface area contributed by atoms with Gasteiger partial charge in [-0.1, -0.05) is 6.07 Å². The predicted octanol–water partition coefficient (Wildman–Crippen LogP) is 1.19. The number of likely N-dealkylation sites (N-methyl/N-ethyl adjacent to an activating group) is 2. The maximum Gasteiger partial charge on any atom is 0.257 e. The maximum atomic E-state index is 13.9. The SMILES string of the molecule is Cc1c(O)c(=O)c(C(=O)NCc2ccc(F)cc2F)cn1C1(CN(C)C=O)CCN(C)C1. The number of amides is 2. The van der Waals surface area contributed by atoms with E-state index >= 15 is 0 Å². The summed E-state index contributed by atoms with van der Waals surface area (Å²) < 4.78 is 28.6. The molecule has 1 aliphatic rings. The number of pyridine rings is 1. The van der Waals surface area contributed by atoms with Gasteiger partial charge >= 0.3 is 0 Å². The molecule has 0 bridgehead atoms. The number of rotatable bonds is 7. The summed E-state index contributed by atoms with van der Waals surface area (Å²) in [6.07, 6.45) is 2.71. The smallest absolute Gasteiger partial charge is 0.257 e. The minimum atomic E-state index is -0.846. The van der Waals surface area contributed by atoms with Crippen LogP contribution in [-0.2, 0) is 16.9 Å². The highest BCUT2D eigenvalue weighted by Gasteiger charge is 2.41. The fourth-order valence-corrected chi connectivity index (χ4v) is 4.24. The molecule has 3 rings (SSSR count). The first kappa shape index (κ1) is 23.4. The van der Waals surface area contributed by atoms with Crippen LogP contribution in [-0.4, -0.2) is 65.5 Å². The van der Waals surface area contributed by atoms with E-state index in [4.69, 9.17) is 0 Å². The predicted molar refractivity (Wildman–Crippen MR) is 113 cm³/mol. The molecule has 1 aromatic heterocycles. The number of nitrogens with one attached hydrogen (secondary N) is 1. The van der Waals surface area contributed by atoms with Crippen LogP contribution in [0.2, 0.25) is 0 Å². The number of hydrogen-bond acceptors (Lipinski definition) is 5. The highest BCUT2D eigenvalue weighted by Crippen LogP contribution is 2.32. The van der Waals surface area contributed by atoms with Crippen molar-refractivity contribution in [3.05, 3.63) is 63.1 Å². The van der Waals surface area contributed by atoms with E-state index in [1.54, 1.807) is 18.5 Å². The van der Waals surface area contributed by atoms with Crippen molar-refractivity contribution < 1.29 is 23.5 Å². The lowest BCUT2D eigenvalue weighted by atomic mass is 9.95. The summed E-state index contributed by atoms with van der Waals surface area (Å²) in [5.74, 6) is -2.92. The number of carbonyl (C=O) groups is 2. The molecule has 1 aliphatic heterocycles. The third-order valence-electron chi connectivity index (χ3n) is 5.88. The minimum Gasteiger partial charge on any atom is -0.503 e. The summed E-state index contributed by atoms with van der Waals surface area (Å²) in [7, 11) is 3.56. The molecule has 0 radical (unpaired) electrons. The van der Waals surface area contributed by atoms with Gasteiger partial charge in [0.25, 0.3) is 5.91 Å². The zero-order valence-corrected chi connectivity index (χ0v) is 18.2. The van der Waals surface area contributed by atoms with Gasteiger partial charge in [0, 0.05) is 51.1 Å². The topological polar surface area (TPSA) is 94.9 Å². The Balaban J connectivity index is 1.98. The van der Waals surface area contributed by atoms with E-state index in [9.17, 15) is 28.3 Å². The molecule has 0 saturated carbocycles. The number of halogens is 2. The fourth-order valence-electron chi connectivity index (χ4n) is 4.24. The number of aromatic nitrogens is 1. The Morgan fingerprint density at radius 3 is 2.69 bits per heavy atom. The van der Waals surface area contributed by atoms with Crippen LogP contribution in [0.4, 0.5) is 8.78 Å². The minimum absolute atomic E-state index is 0.0536. The molecule has 2 N–H and O–H groups in total. The van der Waals surface area contributed by atoms with Crippen molar-refractivity contribution in [3.8, 4) is 5.75 Å². The standard InChI is InChI=1S/C22H26F2N4O4/c1-14-19(30)20(31)17(21(32)25-9-15-4-5-16(23)8-18(15)24)10-28(14)22(12-27(3)13-29)6-7-26(2)11-22/h4-5,8,10,13,30H,6-7,9,11-12H2,1-3H3,(H,25,32). The zero-order chi connectivity index (χ0) is 23.6. The van der Waals surface area contributed by atoms with Crippen LogP contribution < -0.4 is 10.7 Å². The second-order valence-electron chi connectivity index (χ2n) is 8.33. The molecule has 1 saturated heterocycles. The summed E-state index contributed by atoms with van der Waals surface area (Å²) in [5, 5.41) is 12.9. The monoisotopic (exact) mass is 448 g/mol. The fraction of sp³-hybridized carbons (Fsp3) is 0.409. The van der Waals surface area contributed by atoms with Gasteiger partial charge in [-0.3, -0.25) is 14.4 Å². The molecule has 10 heteroatoms. The van der Waals surface area contributed by atoms with E-state index in [0.717, 1.165) is 12.6 Å². The molecule has 0 spiro atoms. The Morgan fingerprint density at radius 1 is 1.38 bits per heavy atom. The van der Waals surface area contributed by atoms with Crippen LogP contribution >= 0.6 is 0 Å². The molecule has 1 unspecified atom stereocenters. The first-order valence-electron chi connectivity index (χ1n) is 10.1. The lowest BCUT2D eigenvalue weighted by Crippen LogP contribution is -2.47. The number of hydrogen-bond donors (Lipinski definition) is 2. The van der Waals surface area contributed by atoms with Crippen LogP contribution in [0.5, 0.6) is 5.75 Å². The molecule has 2 aromatic rings. The van der Waals surface area contributed by atoms with Crippen molar-refractivity contribution in [1.29, 1.82) is 0 Å². The Hall–Kier alpha value is -3.27. The van der Waals surface area contributed by atoms with Crippen molar-refractivity contribution in [2.75, 3.05) is 33.7 Å². The molecule has 1 aromatic carbocycles. The van der Waals surface area contributed by atoms with Crippen molar-refractivity contribution in [2.45, 2.75) is 25.4 Å². The van der Waals surface area contributed by atoms with Crippen molar-refractivity contribution in [1.82, 2.24) is 19.7 Å². The van der Waals surface area contributed by atoms with Gasteiger partial charge in [0.15, 0.2) is 5.75 Å². The molecule has 2 heterocycles. The van der Waals surface area contributed by atoms with E-state index < -0.39 is 34.3 Å². The van der Waals surface area contributed by atoms with Crippen LogP contribution in [0.25, 0.3) is 0 Å². The molecule has 8 nitrogen and oxygen atoms in total. The highest BCUT2D eigenvalue weighted by atomic mass is 19.1. The molecule has 0 aliphatic carbocycles. The van der Waals surface area contributed by atoms with E-state index in [1.165, 1.54) is 17.2 Å². The molecular weight excluding hydrogens is 422 g/mol. The Labute approximate surface area is 184 Å². The van der Waals surface area contributed by atoms with Gasteiger partial charge in [-0.05, 0) is 26.5 Å². The molecule has 2 amide bonds. The van der Waals surface area contributed by atoms with Crippen LogP contribution in [0, 0.1) is 18.6 Å². The van der Waals surface area contributed by atoms with Gasteiger partial charge in [-0.2, -0.15) is 0 Å². The van der Waals surface area contributed by atoms with Gasteiger partial charge in [0.1, 0.15) is 17.2 Å². The van der Waals surface area contributed by atoms with Crippen molar-refractivity contribution in [2.24, 2.45) is 0 Å². The highest BCUT2D eigenvalue weighted by molar-refractivity contribution is 5.94. The van der Waals surface area contributed by atoms with E-state index in [1.807, 2.05) is 7.05 Å². The first-order valence-corrected chi connectivity index (χ1v) is 10.1. The van der Waals surface area contributed by atoms with Gasteiger partial charge in [0.05, 0.1) is 11.2 Å². The van der Waals surface area contributed by atoms with E-state index in [2.05, 4.69) is 10.2 Å². The van der Waals surface area contributed by atoms with E-state index in [-0.39, 0.29) is 23.4 Å². The van der Waals surface area contributed by atoms with Gasteiger partial charge < -0.3 is 24.8 Å². The largest absolute Gasteiger partial charge is 0.503 e. The second-order valence-corrected chi connectivity index (χ2v) is 8.33. The number of nitrogens with zero attached hydrogens (tertiary/aromatic N) is 3. The van der Waals surface area contributed by atoms with Gasteiger partial charge in [-0.15, -0.1) is 0 Å². The Morgan fingerprint density at radius 2 is 2.09 bits per heavy atom. The summed E-state index contributed by atoms with van der Waals surface area (Å²) in [6, 6.07) is 2.98. The second kappa shape index (κ2) is 9.07. The Bertz CT molecular complexity index is 1100. The third-order valence-corrected chi connectivity index (χ3v) is 5.88. The van der Waals surface area contributed by atoms with Crippen LogP contribution in [0.3, 0.4) is 0 Å².